The number of nitrogens with zero attached hydrogens (tertiary/aromatic N) is 2. The van der Waals surface area contributed by atoms with Gasteiger partial charge in [0, 0.05) is 17.1 Å². The fraction of sp³-hybridized carbons (Fsp3) is 0. The van der Waals surface area contributed by atoms with Crippen molar-refractivity contribution in [3.8, 4) is 0 Å². The average molecular weight is 325 g/mol. The first-order valence-corrected chi connectivity index (χ1v) is 1.10. The van der Waals surface area contributed by atoms with E-state index in [4.69, 9.17) is 30.6 Å². The van der Waals surface area contributed by atoms with Gasteiger partial charge < -0.3 is 30.6 Å². The third-order valence-electron chi connectivity index (χ3n) is 0. The van der Waals surface area contributed by atoms with Crippen LogP contribution in [0.25, 0.3) is 0 Å². The summed E-state index contributed by atoms with van der Waals surface area (Å²) >= 11 is 0. The second kappa shape index (κ2) is 16.2. The van der Waals surface area contributed by atoms with Gasteiger partial charge in [-0.2, -0.15) is 0 Å². The molecule has 0 fully saturated rings. The molecule has 0 aromatic heterocycles. The molecule has 0 aliphatic carbocycles. The zero-order valence-corrected chi connectivity index (χ0v) is 9.73. The van der Waals surface area contributed by atoms with Crippen molar-refractivity contribution >= 4 is 48.9 Å². The molecule has 0 atom stereocenters. The van der Waals surface area contributed by atoms with Gasteiger partial charge in [0.1, 0.15) is 0 Å². The van der Waals surface area contributed by atoms with Crippen molar-refractivity contribution in [2.75, 3.05) is 0 Å². The first-order chi connectivity index (χ1) is 3.46. The molecule has 10 heteroatoms. The van der Waals surface area contributed by atoms with Gasteiger partial charge in [0.05, 0.1) is 10.2 Å². The molecular weight excluding hydrogens is 325 g/mol. The van der Waals surface area contributed by atoms with Crippen LogP contribution in [-0.4, -0.2) is 59.1 Å². The Balaban J connectivity index is -0.0000000300. The van der Waals surface area contributed by atoms with Crippen molar-refractivity contribution in [2.24, 2.45) is 0 Å². The summed E-state index contributed by atoms with van der Waals surface area (Å²) in [6.45, 7) is 0. The predicted molar refractivity (Wildman–Crippen MR) is 26.5 cm³/mol. The Labute approximate surface area is 105 Å². The maximum Gasteiger partial charge on any atom is 2.00 e. The molecule has 0 heterocycles. The molecule has 10 heavy (non-hydrogen) atoms. The van der Waals surface area contributed by atoms with Crippen LogP contribution in [0.2, 0.25) is 0 Å². The van der Waals surface area contributed by atoms with Crippen LogP contribution >= 0.6 is 0 Å². The van der Waals surface area contributed by atoms with Crippen LogP contribution in [0.15, 0.2) is 0 Å². The Morgan fingerprint density at radius 2 is 0.800 bits per heavy atom. The molecule has 0 aliphatic heterocycles. The van der Waals surface area contributed by atoms with E-state index in [1.54, 1.807) is 0 Å². The number of hydrogen-bond acceptors (Lipinski definition) is 6. The minimum atomic E-state index is -1.75. The molecular formula is BaCuN2O6. The SMILES string of the molecule is O=[N+]([O-])[O-].O=[N+]([O-])[O-].[Ba+2].[Cu]. The molecule has 0 aliphatic rings. The maximum absolute atomic E-state index is 8.25. The van der Waals surface area contributed by atoms with E-state index >= 15 is 0 Å². The van der Waals surface area contributed by atoms with E-state index in [0.717, 1.165) is 0 Å². The molecule has 0 bridgehead atoms. The molecule has 0 N–H and O–H groups in total. The van der Waals surface area contributed by atoms with Crippen molar-refractivity contribution in [2.45, 2.75) is 0 Å². The van der Waals surface area contributed by atoms with E-state index < -0.39 is 10.2 Å². The first kappa shape index (κ1) is 22.4. The van der Waals surface area contributed by atoms with Crippen LogP contribution in [0.4, 0.5) is 0 Å². The molecule has 0 saturated carbocycles. The van der Waals surface area contributed by atoms with Gasteiger partial charge in [-0.15, -0.1) is 0 Å². The Morgan fingerprint density at radius 3 is 0.800 bits per heavy atom. The topological polar surface area (TPSA) is 132 Å². The van der Waals surface area contributed by atoms with E-state index in [9.17, 15) is 0 Å². The Kier molecular flexibility index (Phi) is 36.4. The standard InChI is InChI=1S/Ba.Cu.2NO3/c;;2*2-1(3)4/q+2;;2*-1. The summed E-state index contributed by atoms with van der Waals surface area (Å²) in [5, 5.41) is 29.5. The smallest absolute Gasteiger partial charge is 0.356 e. The number of rotatable bonds is 0. The first-order valence-electron chi connectivity index (χ1n) is 1.10. The van der Waals surface area contributed by atoms with E-state index in [0.29, 0.717) is 0 Å². The van der Waals surface area contributed by atoms with E-state index in [1.165, 1.54) is 0 Å². The number of hydrogen-bond donors (Lipinski definition) is 0. The van der Waals surface area contributed by atoms with Crippen LogP contribution in [0.5, 0.6) is 0 Å². The molecule has 8 nitrogen and oxygen atoms in total. The summed E-state index contributed by atoms with van der Waals surface area (Å²) in [4.78, 5) is 16.5. The second-order valence-corrected chi connectivity index (χ2v) is 0.447. The Bertz CT molecular complexity index is 73.7. The summed E-state index contributed by atoms with van der Waals surface area (Å²) < 4.78 is 0. The molecule has 0 amide bonds. The summed E-state index contributed by atoms with van der Waals surface area (Å²) in [5.41, 5.74) is 0. The third kappa shape index (κ3) is 1980. The predicted octanol–water partition coefficient (Wildman–Crippen LogP) is -0.862. The zero-order valence-electron chi connectivity index (χ0n) is 4.35. The van der Waals surface area contributed by atoms with Crippen LogP contribution in [0.3, 0.4) is 0 Å². The Morgan fingerprint density at radius 1 is 0.800 bits per heavy atom. The van der Waals surface area contributed by atoms with E-state index in [-0.39, 0.29) is 65.9 Å². The molecule has 59 valence electrons. The normalized spacial score (nSPS) is 4.80. The fourth-order valence-corrected chi connectivity index (χ4v) is 0. The molecule has 0 unspecified atom stereocenters. The minimum Gasteiger partial charge on any atom is -0.356 e. The summed E-state index contributed by atoms with van der Waals surface area (Å²) in [5.74, 6) is 0. The monoisotopic (exact) mass is 325 g/mol. The molecule has 0 spiro atoms. The molecule has 0 rings (SSSR count). The van der Waals surface area contributed by atoms with Crippen molar-refractivity contribution in [3.63, 3.8) is 0 Å². The fourth-order valence-electron chi connectivity index (χ4n) is 0. The molecule has 0 aromatic carbocycles. The summed E-state index contributed by atoms with van der Waals surface area (Å²) in [6, 6.07) is 0. The van der Waals surface area contributed by atoms with Crippen LogP contribution in [0, 0.1) is 30.6 Å². The van der Waals surface area contributed by atoms with Crippen molar-refractivity contribution < 1.29 is 27.2 Å². The molecule has 1 radical (unpaired) electrons. The van der Waals surface area contributed by atoms with Gasteiger partial charge in [0.2, 0.25) is 0 Å². The zero-order chi connectivity index (χ0) is 7.15. The average Bonchev–Trinajstić information content (AvgIpc) is 1.25. The van der Waals surface area contributed by atoms with E-state index in [1.807, 2.05) is 0 Å². The van der Waals surface area contributed by atoms with Crippen molar-refractivity contribution in [1.29, 1.82) is 0 Å². The van der Waals surface area contributed by atoms with Gasteiger partial charge >= 0.3 is 48.9 Å². The van der Waals surface area contributed by atoms with Gasteiger partial charge in [-0.05, 0) is 0 Å². The van der Waals surface area contributed by atoms with Crippen molar-refractivity contribution in [3.05, 3.63) is 30.6 Å². The molecule has 0 aromatic rings. The van der Waals surface area contributed by atoms with Crippen molar-refractivity contribution in [1.82, 2.24) is 0 Å². The van der Waals surface area contributed by atoms with Gasteiger partial charge in [0.15, 0.2) is 0 Å². The Hall–Kier alpha value is 0.491. The van der Waals surface area contributed by atoms with Gasteiger partial charge in [0.25, 0.3) is 0 Å². The van der Waals surface area contributed by atoms with Crippen LogP contribution in [0.1, 0.15) is 0 Å². The van der Waals surface area contributed by atoms with Gasteiger partial charge in [-0.25, -0.2) is 0 Å². The van der Waals surface area contributed by atoms with Gasteiger partial charge in [-0.1, -0.05) is 0 Å². The third-order valence-corrected chi connectivity index (χ3v) is 0. The quantitative estimate of drug-likeness (QED) is 0.323. The molecule has 0 saturated heterocycles. The largest absolute Gasteiger partial charge is 2.00 e. The van der Waals surface area contributed by atoms with Crippen LogP contribution in [-0.2, 0) is 17.1 Å². The summed E-state index contributed by atoms with van der Waals surface area (Å²) in [7, 11) is 0. The van der Waals surface area contributed by atoms with E-state index in [2.05, 4.69) is 0 Å². The minimum absolute atomic E-state index is 0. The summed E-state index contributed by atoms with van der Waals surface area (Å²) in [6.07, 6.45) is 0. The van der Waals surface area contributed by atoms with Gasteiger partial charge in [-0.3, -0.25) is 0 Å². The van der Waals surface area contributed by atoms with Crippen LogP contribution < -0.4 is 0 Å². The second-order valence-electron chi connectivity index (χ2n) is 0.447. The maximum atomic E-state index is 8.25.